The van der Waals surface area contributed by atoms with Crippen LogP contribution in [0.3, 0.4) is 0 Å². The molecule has 3 aromatic carbocycles. The molecular formula is C32H33N5O5S3. The van der Waals surface area contributed by atoms with Crippen LogP contribution in [0.5, 0.6) is 11.5 Å². The molecule has 0 aliphatic heterocycles. The second-order valence-corrected chi connectivity index (χ2v) is 12.6. The van der Waals surface area contributed by atoms with Crippen LogP contribution in [0.4, 0.5) is 10.8 Å². The fourth-order valence-electron chi connectivity index (χ4n) is 4.02. The number of carbonyl (C=O) groups excluding carboxylic acids is 3. The van der Waals surface area contributed by atoms with Crippen LogP contribution >= 0.6 is 35.1 Å². The molecule has 1 atom stereocenters. The number of nitrogens with zero attached hydrogens (tertiary/aromatic N) is 2. The molecule has 13 heteroatoms. The van der Waals surface area contributed by atoms with E-state index in [9.17, 15) is 14.4 Å². The summed E-state index contributed by atoms with van der Waals surface area (Å²) in [6, 6.07) is 21.0. The van der Waals surface area contributed by atoms with E-state index in [1.807, 2.05) is 19.9 Å². The van der Waals surface area contributed by atoms with Crippen molar-refractivity contribution in [2.24, 2.45) is 0 Å². The Morgan fingerprint density at radius 2 is 1.71 bits per heavy atom. The Kier molecular flexibility index (Phi) is 12.4. The highest BCUT2D eigenvalue weighted by molar-refractivity contribution is 8.00. The molecule has 234 valence electrons. The average Bonchev–Trinajstić information content (AvgIpc) is 3.50. The maximum atomic E-state index is 13.6. The van der Waals surface area contributed by atoms with Gasteiger partial charge in [-0.3, -0.25) is 19.7 Å². The van der Waals surface area contributed by atoms with E-state index in [4.69, 9.17) is 9.47 Å². The predicted octanol–water partition coefficient (Wildman–Crippen LogP) is 6.59. The summed E-state index contributed by atoms with van der Waals surface area (Å²) in [6.45, 7) is 3.95. The van der Waals surface area contributed by atoms with Crippen LogP contribution in [0.2, 0.25) is 0 Å². The third-order valence-corrected chi connectivity index (χ3v) is 9.03. The first kappa shape index (κ1) is 33.6. The van der Waals surface area contributed by atoms with Gasteiger partial charge in [0.1, 0.15) is 5.70 Å². The van der Waals surface area contributed by atoms with E-state index in [-0.39, 0.29) is 11.6 Å². The predicted molar refractivity (Wildman–Crippen MR) is 181 cm³/mol. The van der Waals surface area contributed by atoms with Crippen LogP contribution in [0.25, 0.3) is 6.08 Å². The quantitative estimate of drug-likeness (QED) is 0.101. The molecule has 10 nitrogen and oxygen atoms in total. The summed E-state index contributed by atoms with van der Waals surface area (Å²) >= 11 is 4.04. The van der Waals surface area contributed by atoms with Crippen LogP contribution in [0.15, 0.2) is 88.5 Å². The number of anilines is 2. The minimum absolute atomic E-state index is 0.0256. The first-order valence-electron chi connectivity index (χ1n) is 14.0. The van der Waals surface area contributed by atoms with Crippen molar-refractivity contribution in [1.82, 2.24) is 14.7 Å². The standard InChI is InChI=1S/C32H33N5O5S3/c1-5-27(30(40)35-31-36-32(37-45-31)43-6-2)44-23-14-10-13-22(19-23)33-29(39)24(34-28(38)21-11-8-7-9-12-21)17-20-15-16-25(41-3)26(18-20)42-4/h7-19,27H,5-6H2,1-4H3,(H,33,39)(H,34,38)(H,35,36,37,40)/b24-17+. The summed E-state index contributed by atoms with van der Waals surface area (Å²) < 4.78 is 15.0. The van der Waals surface area contributed by atoms with Crippen LogP contribution < -0.4 is 25.4 Å². The van der Waals surface area contributed by atoms with Crippen molar-refractivity contribution < 1.29 is 23.9 Å². The molecule has 0 spiro atoms. The molecule has 0 saturated carbocycles. The molecule has 1 aromatic heterocycles. The first-order valence-corrected chi connectivity index (χ1v) is 16.6. The number of amides is 3. The largest absolute Gasteiger partial charge is 0.493 e. The Morgan fingerprint density at radius 1 is 0.933 bits per heavy atom. The van der Waals surface area contributed by atoms with E-state index < -0.39 is 17.1 Å². The summed E-state index contributed by atoms with van der Waals surface area (Å²) in [5.41, 5.74) is 1.54. The van der Waals surface area contributed by atoms with Crippen molar-refractivity contribution in [3.05, 3.63) is 89.6 Å². The first-order chi connectivity index (χ1) is 21.8. The van der Waals surface area contributed by atoms with Gasteiger partial charge in [0.05, 0.1) is 19.5 Å². The summed E-state index contributed by atoms with van der Waals surface area (Å²) in [5, 5.41) is 9.18. The van der Waals surface area contributed by atoms with Gasteiger partial charge in [0, 0.05) is 27.7 Å². The van der Waals surface area contributed by atoms with E-state index in [0.717, 1.165) is 22.2 Å². The molecule has 3 N–H and O–H groups in total. The smallest absolute Gasteiger partial charge is 0.272 e. The van der Waals surface area contributed by atoms with Gasteiger partial charge in [-0.2, -0.15) is 9.36 Å². The Balaban J connectivity index is 1.52. The Bertz CT molecular complexity index is 1660. The molecule has 45 heavy (non-hydrogen) atoms. The topological polar surface area (TPSA) is 132 Å². The third kappa shape index (κ3) is 9.58. The number of methoxy groups -OCH3 is 2. The van der Waals surface area contributed by atoms with E-state index >= 15 is 0 Å². The molecule has 0 radical (unpaired) electrons. The zero-order valence-electron chi connectivity index (χ0n) is 25.2. The molecule has 4 rings (SSSR count). The van der Waals surface area contributed by atoms with Gasteiger partial charge < -0.3 is 20.1 Å². The number of benzene rings is 3. The van der Waals surface area contributed by atoms with Crippen LogP contribution in [-0.2, 0) is 9.59 Å². The highest BCUT2D eigenvalue weighted by Gasteiger charge is 2.21. The van der Waals surface area contributed by atoms with Gasteiger partial charge in [-0.25, -0.2) is 0 Å². The van der Waals surface area contributed by atoms with Gasteiger partial charge in [0.25, 0.3) is 11.8 Å². The fourth-order valence-corrected chi connectivity index (χ4v) is 6.30. The van der Waals surface area contributed by atoms with E-state index in [0.29, 0.717) is 45.0 Å². The lowest BCUT2D eigenvalue weighted by atomic mass is 10.1. The number of carbonyl (C=O) groups is 3. The Hall–Kier alpha value is -4.33. The van der Waals surface area contributed by atoms with E-state index in [1.165, 1.54) is 37.7 Å². The number of nitrogens with one attached hydrogen (secondary N) is 3. The van der Waals surface area contributed by atoms with E-state index in [1.54, 1.807) is 72.8 Å². The van der Waals surface area contributed by atoms with Gasteiger partial charge in [-0.15, -0.1) is 11.8 Å². The van der Waals surface area contributed by atoms with Crippen LogP contribution in [0.1, 0.15) is 36.2 Å². The monoisotopic (exact) mass is 663 g/mol. The number of ether oxygens (including phenoxy) is 2. The molecule has 0 saturated heterocycles. The molecule has 1 heterocycles. The summed E-state index contributed by atoms with van der Waals surface area (Å²) in [7, 11) is 3.06. The molecule has 1 unspecified atom stereocenters. The number of thioether (sulfide) groups is 2. The maximum absolute atomic E-state index is 13.6. The lowest BCUT2D eigenvalue weighted by Crippen LogP contribution is -2.30. The van der Waals surface area contributed by atoms with Gasteiger partial charge in [0.2, 0.25) is 16.2 Å². The summed E-state index contributed by atoms with van der Waals surface area (Å²) in [5.74, 6) is 0.714. The van der Waals surface area contributed by atoms with Gasteiger partial charge in [-0.1, -0.05) is 55.9 Å². The lowest BCUT2D eigenvalue weighted by Gasteiger charge is -2.15. The SMILES string of the molecule is CCSc1nsc(NC(=O)C(CC)Sc2cccc(NC(=O)/C(=C\c3ccc(OC)c(OC)c3)NC(=O)c3ccccc3)c2)n1. The zero-order chi connectivity index (χ0) is 32.2. The molecule has 0 aliphatic carbocycles. The average molecular weight is 664 g/mol. The number of hydrogen-bond acceptors (Lipinski definition) is 10. The minimum Gasteiger partial charge on any atom is -0.493 e. The summed E-state index contributed by atoms with van der Waals surface area (Å²) in [6.07, 6.45) is 2.14. The summed E-state index contributed by atoms with van der Waals surface area (Å²) in [4.78, 5) is 44.8. The molecule has 0 bridgehead atoms. The highest BCUT2D eigenvalue weighted by atomic mass is 32.2. The van der Waals surface area contributed by atoms with Gasteiger partial charge in [-0.05, 0) is 66.3 Å². The lowest BCUT2D eigenvalue weighted by molar-refractivity contribution is -0.116. The normalized spacial score (nSPS) is 11.8. The van der Waals surface area contributed by atoms with Crippen molar-refractivity contribution >= 4 is 69.7 Å². The van der Waals surface area contributed by atoms with Crippen molar-refractivity contribution in [3.63, 3.8) is 0 Å². The van der Waals surface area contributed by atoms with Crippen molar-refractivity contribution in [2.45, 2.75) is 35.6 Å². The Morgan fingerprint density at radius 3 is 2.42 bits per heavy atom. The van der Waals surface area contributed by atoms with Gasteiger partial charge >= 0.3 is 0 Å². The second-order valence-electron chi connectivity index (χ2n) is 9.29. The molecule has 0 aliphatic rings. The Labute approximate surface area is 274 Å². The number of hydrogen-bond donors (Lipinski definition) is 3. The van der Waals surface area contributed by atoms with Crippen LogP contribution in [-0.4, -0.2) is 52.3 Å². The van der Waals surface area contributed by atoms with Crippen molar-refractivity contribution in [1.29, 1.82) is 0 Å². The molecule has 3 amide bonds. The number of rotatable bonds is 14. The fraction of sp³-hybridized carbons (Fsp3) is 0.219. The zero-order valence-corrected chi connectivity index (χ0v) is 27.6. The molecule has 0 fully saturated rings. The maximum Gasteiger partial charge on any atom is 0.272 e. The van der Waals surface area contributed by atoms with Crippen molar-refractivity contribution in [3.8, 4) is 11.5 Å². The highest BCUT2D eigenvalue weighted by Crippen LogP contribution is 2.30. The molecular weight excluding hydrogens is 631 g/mol. The number of aromatic nitrogens is 2. The second kappa shape index (κ2) is 16.7. The van der Waals surface area contributed by atoms with E-state index in [2.05, 4.69) is 25.3 Å². The van der Waals surface area contributed by atoms with Gasteiger partial charge in [0.15, 0.2) is 11.5 Å². The van der Waals surface area contributed by atoms with Crippen LogP contribution in [0, 0.1) is 0 Å². The molecule has 4 aromatic rings. The van der Waals surface area contributed by atoms with Crippen molar-refractivity contribution in [2.75, 3.05) is 30.6 Å². The third-order valence-electron chi connectivity index (χ3n) is 6.19. The minimum atomic E-state index is -0.530.